The molecule has 0 aliphatic heterocycles. The van der Waals surface area contributed by atoms with Crippen molar-refractivity contribution < 1.29 is 4.79 Å². The molecule has 0 spiro atoms. The van der Waals surface area contributed by atoms with Gasteiger partial charge in [-0.15, -0.1) is 0 Å². The van der Waals surface area contributed by atoms with Crippen LogP contribution in [0, 0.1) is 17.2 Å². The monoisotopic (exact) mass is 234 g/mol. The van der Waals surface area contributed by atoms with Crippen LogP contribution in [0.15, 0.2) is 22.9 Å². The van der Waals surface area contributed by atoms with Crippen LogP contribution in [0.5, 0.6) is 0 Å². The number of hydrogen-bond donors (Lipinski definition) is 0. The summed E-state index contributed by atoms with van der Waals surface area (Å²) in [5.41, 5.74) is 1.03. The molecule has 1 atom stereocenters. The highest BCUT2D eigenvalue weighted by atomic mass is 32.1. The van der Waals surface area contributed by atoms with Gasteiger partial charge < -0.3 is 4.90 Å². The lowest BCUT2D eigenvalue weighted by atomic mass is 10.2. The molecule has 1 aromatic rings. The minimum atomic E-state index is -0.136. The second-order valence-corrected chi connectivity index (χ2v) is 4.42. The van der Waals surface area contributed by atoms with E-state index in [-0.39, 0.29) is 11.8 Å². The second-order valence-electron chi connectivity index (χ2n) is 3.64. The number of rotatable bonds is 4. The number of thiophene rings is 1. The first-order valence-electron chi connectivity index (χ1n) is 4.98. The molecule has 16 heavy (non-hydrogen) atoms. The highest BCUT2D eigenvalue weighted by Gasteiger charge is 2.08. The lowest BCUT2D eigenvalue weighted by Gasteiger charge is -2.15. The van der Waals surface area contributed by atoms with Gasteiger partial charge in [0.1, 0.15) is 0 Å². The lowest BCUT2D eigenvalue weighted by molar-refractivity contribution is -0.125. The first kappa shape index (κ1) is 12.5. The topological polar surface area (TPSA) is 44.1 Å². The number of likely N-dealkylation sites (N-methyl/N-ethyl adjacent to an activating group) is 1. The van der Waals surface area contributed by atoms with Crippen molar-refractivity contribution in [3.05, 3.63) is 28.5 Å². The Hall–Kier alpha value is -1.60. The van der Waals surface area contributed by atoms with Gasteiger partial charge >= 0.3 is 0 Å². The first-order valence-corrected chi connectivity index (χ1v) is 5.92. The van der Waals surface area contributed by atoms with Crippen LogP contribution < -0.4 is 0 Å². The van der Waals surface area contributed by atoms with Crippen molar-refractivity contribution in [1.82, 2.24) is 4.90 Å². The van der Waals surface area contributed by atoms with Gasteiger partial charge in [0.15, 0.2) is 0 Å². The molecule has 1 rings (SSSR count). The molecule has 0 aliphatic carbocycles. The summed E-state index contributed by atoms with van der Waals surface area (Å²) in [7, 11) is 1.70. The molecule has 0 unspecified atom stereocenters. The Kier molecular flexibility index (Phi) is 4.74. The molecule has 0 N–H and O–H groups in total. The Morgan fingerprint density at radius 2 is 2.50 bits per heavy atom. The summed E-state index contributed by atoms with van der Waals surface area (Å²) in [6.45, 7) is 2.26. The summed E-state index contributed by atoms with van der Waals surface area (Å²) in [6, 6.07) is 4.05. The second kappa shape index (κ2) is 6.09. The summed E-state index contributed by atoms with van der Waals surface area (Å²) in [5, 5.41) is 12.6. The maximum Gasteiger partial charge on any atom is 0.246 e. The van der Waals surface area contributed by atoms with E-state index in [0.29, 0.717) is 6.54 Å². The maximum atomic E-state index is 11.6. The van der Waals surface area contributed by atoms with E-state index in [2.05, 4.69) is 6.07 Å². The molecule has 4 heteroatoms. The zero-order valence-corrected chi connectivity index (χ0v) is 10.2. The average molecular weight is 234 g/mol. The van der Waals surface area contributed by atoms with E-state index in [1.54, 1.807) is 36.3 Å². The minimum Gasteiger partial charge on any atom is -0.341 e. The molecule has 0 aromatic carbocycles. The van der Waals surface area contributed by atoms with Crippen molar-refractivity contribution in [2.75, 3.05) is 13.6 Å². The third-order valence-electron chi connectivity index (χ3n) is 2.11. The van der Waals surface area contributed by atoms with E-state index in [4.69, 9.17) is 5.26 Å². The Morgan fingerprint density at radius 1 is 1.75 bits per heavy atom. The third kappa shape index (κ3) is 3.87. The van der Waals surface area contributed by atoms with Gasteiger partial charge in [0.2, 0.25) is 5.91 Å². The van der Waals surface area contributed by atoms with Crippen molar-refractivity contribution in [1.29, 1.82) is 5.26 Å². The molecule has 1 heterocycles. The predicted molar refractivity (Wildman–Crippen MR) is 65.8 cm³/mol. The molecule has 0 radical (unpaired) electrons. The molecule has 3 nitrogen and oxygen atoms in total. The molecule has 0 saturated carbocycles. The molecule has 1 amide bonds. The summed E-state index contributed by atoms with van der Waals surface area (Å²) in [4.78, 5) is 13.2. The maximum absolute atomic E-state index is 11.6. The number of amides is 1. The summed E-state index contributed by atoms with van der Waals surface area (Å²) in [5.74, 6) is -0.211. The smallest absolute Gasteiger partial charge is 0.246 e. The Labute approximate surface area is 99.6 Å². The summed E-state index contributed by atoms with van der Waals surface area (Å²) >= 11 is 1.59. The van der Waals surface area contributed by atoms with E-state index in [1.807, 2.05) is 16.8 Å². The van der Waals surface area contributed by atoms with Gasteiger partial charge in [0.05, 0.1) is 12.0 Å². The van der Waals surface area contributed by atoms with Crippen LogP contribution in [0.1, 0.15) is 12.5 Å². The number of nitriles is 1. The molecule has 0 bridgehead atoms. The van der Waals surface area contributed by atoms with Crippen LogP contribution >= 0.6 is 11.3 Å². The fourth-order valence-corrected chi connectivity index (χ4v) is 1.83. The highest BCUT2D eigenvalue weighted by Crippen LogP contribution is 2.08. The van der Waals surface area contributed by atoms with Gasteiger partial charge in [-0.1, -0.05) is 0 Å². The van der Waals surface area contributed by atoms with Gasteiger partial charge in [-0.3, -0.25) is 4.79 Å². The van der Waals surface area contributed by atoms with Crippen molar-refractivity contribution >= 4 is 23.3 Å². The molecule has 84 valence electrons. The van der Waals surface area contributed by atoms with Gasteiger partial charge in [-0.25, -0.2) is 0 Å². The highest BCUT2D eigenvalue weighted by molar-refractivity contribution is 7.08. The van der Waals surface area contributed by atoms with Crippen LogP contribution in [0.25, 0.3) is 6.08 Å². The number of carbonyl (C=O) groups excluding carboxylic acids is 1. The number of hydrogen-bond acceptors (Lipinski definition) is 3. The molecular weight excluding hydrogens is 220 g/mol. The molecule has 0 fully saturated rings. The average Bonchev–Trinajstić information content (AvgIpc) is 2.78. The van der Waals surface area contributed by atoms with Crippen molar-refractivity contribution in [3.8, 4) is 6.07 Å². The zero-order chi connectivity index (χ0) is 12.0. The Morgan fingerprint density at radius 3 is 3.06 bits per heavy atom. The number of carbonyl (C=O) groups is 1. The predicted octanol–water partition coefficient (Wildman–Crippen LogP) is 2.38. The van der Waals surface area contributed by atoms with Crippen LogP contribution in [0.4, 0.5) is 0 Å². The standard InChI is InChI=1S/C12H14N2OS/c1-10(7-13)8-14(2)12(15)4-3-11-5-6-16-9-11/h3-6,9-10H,8H2,1-2H3/b4-3-/t10-/m0/s1. The van der Waals surface area contributed by atoms with Crippen LogP contribution in [-0.2, 0) is 4.79 Å². The third-order valence-corrected chi connectivity index (χ3v) is 2.81. The molecular formula is C12H14N2OS. The van der Waals surface area contributed by atoms with Crippen LogP contribution in [0.3, 0.4) is 0 Å². The van der Waals surface area contributed by atoms with Crippen molar-refractivity contribution in [3.63, 3.8) is 0 Å². The Balaban J connectivity index is 2.49. The summed E-state index contributed by atoms with van der Waals surface area (Å²) < 4.78 is 0. The van der Waals surface area contributed by atoms with Crippen molar-refractivity contribution in [2.24, 2.45) is 5.92 Å². The van der Waals surface area contributed by atoms with E-state index in [0.717, 1.165) is 5.56 Å². The fourth-order valence-electron chi connectivity index (χ4n) is 1.21. The van der Waals surface area contributed by atoms with Gasteiger partial charge in [-0.2, -0.15) is 16.6 Å². The quantitative estimate of drug-likeness (QED) is 0.751. The first-order chi connectivity index (χ1) is 7.63. The summed E-state index contributed by atoms with van der Waals surface area (Å²) in [6.07, 6.45) is 3.32. The van der Waals surface area contributed by atoms with Crippen molar-refractivity contribution in [2.45, 2.75) is 6.92 Å². The number of nitrogens with zero attached hydrogens (tertiary/aromatic N) is 2. The van der Waals surface area contributed by atoms with Crippen LogP contribution in [-0.4, -0.2) is 24.4 Å². The fraction of sp³-hybridized carbons (Fsp3) is 0.333. The van der Waals surface area contributed by atoms with E-state index < -0.39 is 0 Å². The van der Waals surface area contributed by atoms with E-state index in [9.17, 15) is 4.79 Å². The van der Waals surface area contributed by atoms with E-state index >= 15 is 0 Å². The minimum absolute atomic E-state index is 0.0756. The van der Waals surface area contributed by atoms with Gasteiger partial charge in [-0.05, 0) is 35.4 Å². The van der Waals surface area contributed by atoms with Gasteiger partial charge in [0.25, 0.3) is 0 Å². The largest absolute Gasteiger partial charge is 0.341 e. The van der Waals surface area contributed by atoms with Crippen LogP contribution in [0.2, 0.25) is 0 Å². The SMILES string of the molecule is C[C@@H](C#N)CN(C)C(=O)/C=C\c1ccsc1. The molecule has 0 aliphatic rings. The molecule has 0 saturated heterocycles. The molecule has 1 aromatic heterocycles. The normalized spacial score (nSPS) is 12.3. The lowest BCUT2D eigenvalue weighted by Crippen LogP contribution is -2.29. The Bertz CT molecular complexity index is 403. The van der Waals surface area contributed by atoms with E-state index in [1.165, 1.54) is 6.08 Å². The van der Waals surface area contributed by atoms with Gasteiger partial charge in [0, 0.05) is 19.7 Å². The zero-order valence-electron chi connectivity index (χ0n) is 9.38.